The zero-order valence-corrected chi connectivity index (χ0v) is 21.6. The molecule has 1 aromatic carbocycles. The number of carboxylic acid groups (broad SMARTS) is 1. The van der Waals surface area contributed by atoms with E-state index in [1.54, 1.807) is 25.8 Å². The first-order valence-electron chi connectivity index (χ1n) is 9.80. The second-order valence-electron chi connectivity index (χ2n) is 8.04. The largest absolute Gasteiger partial charge is 1.00 e. The molecule has 3 aliphatic rings. The third-order valence-corrected chi connectivity index (χ3v) is 7.51. The molecule has 0 aromatic heterocycles. The van der Waals surface area contributed by atoms with E-state index in [0.29, 0.717) is 4.91 Å². The van der Waals surface area contributed by atoms with Crippen LogP contribution in [0.5, 0.6) is 5.75 Å². The van der Waals surface area contributed by atoms with Crippen molar-refractivity contribution in [2.75, 3.05) is 20.2 Å². The maximum Gasteiger partial charge on any atom is 1.00 e. The standard InChI is InChI=1S/C21H26N2O5S.K/c1-11-17-16(12(2)24)20(25)23(17)18(21(26)27)19(11)29-15-9-22(10-15)8-13-5-4-6-14(7-13)28-3;/h4-7,11-12,15-17,24H,8-10H2,1-3H3,(H,26,27);/q;+1/p-1/t11-,12-,16-,17-;/m1./s1. The van der Waals surface area contributed by atoms with Gasteiger partial charge in [-0.15, -0.1) is 11.8 Å². The van der Waals surface area contributed by atoms with Gasteiger partial charge in [0, 0.05) is 35.7 Å². The molecule has 156 valence electrons. The van der Waals surface area contributed by atoms with Gasteiger partial charge in [-0.25, -0.2) is 0 Å². The summed E-state index contributed by atoms with van der Waals surface area (Å²) < 4.78 is 5.26. The van der Waals surface area contributed by atoms with Crippen LogP contribution >= 0.6 is 11.8 Å². The summed E-state index contributed by atoms with van der Waals surface area (Å²) in [5.74, 6) is -1.45. The fourth-order valence-corrected chi connectivity index (χ4v) is 6.18. The van der Waals surface area contributed by atoms with Crippen LogP contribution in [0.2, 0.25) is 0 Å². The molecule has 4 rings (SSSR count). The van der Waals surface area contributed by atoms with E-state index in [1.165, 1.54) is 10.5 Å². The number of benzene rings is 1. The summed E-state index contributed by atoms with van der Waals surface area (Å²) in [6, 6.07) is 7.68. The van der Waals surface area contributed by atoms with Gasteiger partial charge in [-0.3, -0.25) is 9.69 Å². The minimum Gasteiger partial charge on any atom is -0.543 e. The van der Waals surface area contributed by atoms with Crippen LogP contribution < -0.4 is 61.2 Å². The van der Waals surface area contributed by atoms with Crippen LogP contribution in [0.3, 0.4) is 0 Å². The fourth-order valence-electron chi connectivity index (χ4n) is 4.60. The maximum absolute atomic E-state index is 12.4. The summed E-state index contributed by atoms with van der Waals surface area (Å²) in [5.41, 5.74) is 1.17. The van der Waals surface area contributed by atoms with Gasteiger partial charge in [0.2, 0.25) is 5.91 Å². The van der Waals surface area contributed by atoms with E-state index >= 15 is 0 Å². The number of likely N-dealkylation sites (tertiary alicyclic amines) is 1. The minimum atomic E-state index is -1.31. The van der Waals surface area contributed by atoms with E-state index in [4.69, 9.17) is 4.74 Å². The predicted octanol–water partition coefficient (Wildman–Crippen LogP) is -2.56. The van der Waals surface area contributed by atoms with Crippen molar-refractivity contribution in [2.24, 2.45) is 11.8 Å². The smallest absolute Gasteiger partial charge is 0.543 e. The summed E-state index contributed by atoms with van der Waals surface area (Å²) in [7, 11) is 1.65. The summed E-state index contributed by atoms with van der Waals surface area (Å²) >= 11 is 1.54. The van der Waals surface area contributed by atoms with Gasteiger partial charge in [0.25, 0.3) is 0 Å². The first-order chi connectivity index (χ1) is 13.8. The average Bonchev–Trinajstić information content (AvgIpc) is 2.88. The van der Waals surface area contributed by atoms with E-state index in [1.807, 2.05) is 25.1 Å². The summed E-state index contributed by atoms with van der Waals surface area (Å²) in [5, 5.41) is 22.0. The minimum absolute atomic E-state index is 0. The first-order valence-corrected chi connectivity index (χ1v) is 10.7. The number of aliphatic hydroxyl groups excluding tert-OH is 1. The van der Waals surface area contributed by atoms with Gasteiger partial charge in [0.15, 0.2) is 0 Å². The number of carbonyl (C=O) groups is 2. The zero-order chi connectivity index (χ0) is 20.9. The van der Waals surface area contributed by atoms with Gasteiger partial charge in [-0.1, -0.05) is 19.1 Å². The molecule has 2 fully saturated rings. The number of nitrogens with zero attached hydrogens (tertiary/aromatic N) is 2. The first kappa shape index (κ1) is 24.3. The van der Waals surface area contributed by atoms with Gasteiger partial charge >= 0.3 is 51.4 Å². The van der Waals surface area contributed by atoms with Crippen molar-refractivity contribution in [1.82, 2.24) is 9.80 Å². The Morgan fingerprint density at radius 2 is 2.10 bits per heavy atom. The topological polar surface area (TPSA) is 93.1 Å². The molecule has 1 aromatic rings. The van der Waals surface area contributed by atoms with Crippen molar-refractivity contribution < 1.29 is 75.9 Å². The van der Waals surface area contributed by atoms with Crippen molar-refractivity contribution in [3.05, 3.63) is 40.4 Å². The third-order valence-electron chi connectivity index (χ3n) is 6.06. The molecule has 0 unspecified atom stereocenters. The zero-order valence-electron chi connectivity index (χ0n) is 17.7. The number of β-lactam (4-membered cyclic amide) rings is 1. The molecule has 1 N–H and O–H groups in total. The van der Waals surface area contributed by atoms with Crippen LogP contribution in [0, 0.1) is 11.8 Å². The number of methoxy groups -OCH3 is 1. The molecule has 9 heteroatoms. The van der Waals surface area contributed by atoms with Gasteiger partial charge < -0.3 is 24.6 Å². The molecule has 1 amide bonds. The van der Waals surface area contributed by atoms with Gasteiger partial charge in [-0.2, -0.15) is 0 Å². The Bertz CT molecular complexity index is 871. The van der Waals surface area contributed by atoms with Crippen LogP contribution in [-0.2, 0) is 16.1 Å². The summed E-state index contributed by atoms with van der Waals surface area (Å²) in [6.45, 7) is 6.02. The second kappa shape index (κ2) is 9.62. The molecule has 3 heterocycles. The van der Waals surface area contributed by atoms with Gasteiger partial charge in [0.05, 0.1) is 36.8 Å². The van der Waals surface area contributed by atoms with E-state index in [9.17, 15) is 19.8 Å². The van der Waals surface area contributed by atoms with Crippen molar-refractivity contribution >= 4 is 23.6 Å². The Labute approximate surface area is 223 Å². The molecular formula is C21H25KN2O5S. The monoisotopic (exact) mass is 456 g/mol. The van der Waals surface area contributed by atoms with E-state index in [-0.39, 0.29) is 80.2 Å². The molecular weight excluding hydrogens is 431 g/mol. The quantitative estimate of drug-likeness (QED) is 0.356. The molecule has 3 aliphatic heterocycles. The number of thioether (sulfide) groups is 1. The van der Waals surface area contributed by atoms with Crippen molar-refractivity contribution in [3.8, 4) is 5.75 Å². The second-order valence-corrected chi connectivity index (χ2v) is 9.38. The third kappa shape index (κ3) is 4.28. The average molecular weight is 457 g/mol. The number of carbonyl (C=O) groups excluding carboxylic acids is 2. The normalized spacial score (nSPS) is 27.1. The van der Waals surface area contributed by atoms with E-state index < -0.39 is 18.0 Å². The molecule has 0 saturated carbocycles. The Morgan fingerprint density at radius 3 is 2.70 bits per heavy atom. The van der Waals surface area contributed by atoms with E-state index in [0.717, 1.165) is 25.4 Å². The molecule has 0 spiro atoms. The van der Waals surface area contributed by atoms with Crippen LogP contribution in [0.25, 0.3) is 0 Å². The maximum atomic E-state index is 12.4. The van der Waals surface area contributed by atoms with Crippen LogP contribution in [0.15, 0.2) is 34.9 Å². The molecule has 0 aliphatic carbocycles. The Kier molecular flexibility index (Phi) is 7.78. The SMILES string of the molecule is COc1cccc(CN2CC(SC3=C(C(=O)[O-])N4C(=O)[C@H]([C@@H](C)O)[C@H]4[C@H]3C)C2)c1.[K+]. The molecule has 30 heavy (non-hydrogen) atoms. The summed E-state index contributed by atoms with van der Waals surface area (Å²) in [6.07, 6.45) is -0.791. The molecule has 0 bridgehead atoms. The fraction of sp³-hybridized carbons (Fsp3) is 0.524. The number of fused-ring (bicyclic) bond motifs is 1. The summed E-state index contributed by atoms with van der Waals surface area (Å²) in [4.78, 5) is 28.5. The Balaban J connectivity index is 0.00000256. The molecule has 4 atom stereocenters. The number of amides is 1. The van der Waals surface area contributed by atoms with Gasteiger partial charge in [-0.05, 0) is 24.6 Å². The number of hydrogen-bond acceptors (Lipinski definition) is 7. The number of ether oxygens (including phenoxy) is 1. The van der Waals surface area contributed by atoms with E-state index in [2.05, 4.69) is 11.0 Å². The van der Waals surface area contributed by atoms with Crippen LogP contribution in [-0.4, -0.2) is 64.4 Å². The van der Waals surface area contributed by atoms with Crippen molar-refractivity contribution in [3.63, 3.8) is 0 Å². The molecule has 0 radical (unpaired) electrons. The van der Waals surface area contributed by atoms with Crippen LogP contribution in [0.4, 0.5) is 0 Å². The molecule has 7 nitrogen and oxygen atoms in total. The predicted molar refractivity (Wildman–Crippen MR) is 107 cm³/mol. The van der Waals surface area contributed by atoms with Gasteiger partial charge in [0.1, 0.15) is 5.75 Å². The number of hydrogen-bond donors (Lipinski definition) is 1. The van der Waals surface area contributed by atoms with Crippen LogP contribution in [0.1, 0.15) is 19.4 Å². The number of aliphatic carboxylic acids is 1. The number of rotatable bonds is 7. The number of carboxylic acids is 1. The number of aliphatic hydroxyl groups is 1. The Morgan fingerprint density at radius 1 is 1.40 bits per heavy atom. The van der Waals surface area contributed by atoms with Crippen molar-refractivity contribution in [2.45, 2.75) is 37.8 Å². The molecule has 2 saturated heterocycles. The Hall–Kier alpha value is -0.394. The van der Waals surface area contributed by atoms with Crippen molar-refractivity contribution in [1.29, 1.82) is 0 Å².